The summed E-state index contributed by atoms with van der Waals surface area (Å²) in [5.74, 6) is 6.11. The van der Waals surface area contributed by atoms with Gasteiger partial charge in [0.2, 0.25) is 0 Å². The van der Waals surface area contributed by atoms with Crippen molar-refractivity contribution in [1.29, 1.82) is 0 Å². The molecule has 1 aromatic heterocycles. The van der Waals surface area contributed by atoms with Crippen LogP contribution in [-0.4, -0.2) is 29.8 Å². The van der Waals surface area contributed by atoms with Crippen molar-refractivity contribution in [3.63, 3.8) is 0 Å². The van der Waals surface area contributed by atoms with Gasteiger partial charge in [0.05, 0.1) is 13.7 Å². The van der Waals surface area contributed by atoms with Crippen LogP contribution in [0.3, 0.4) is 0 Å². The van der Waals surface area contributed by atoms with Crippen molar-refractivity contribution in [1.82, 2.24) is 15.5 Å². The van der Waals surface area contributed by atoms with Crippen molar-refractivity contribution < 1.29 is 9.53 Å². The molecular formula is C15H13N3O3. The number of methoxy groups -OCH3 is 1. The van der Waals surface area contributed by atoms with E-state index in [9.17, 15) is 9.59 Å². The van der Waals surface area contributed by atoms with Gasteiger partial charge in [-0.25, -0.2) is 5.10 Å². The molecule has 6 heteroatoms. The number of carbonyl (C=O) groups excluding carboxylic acids is 1. The van der Waals surface area contributed by atoms with Crippen molar-refractivity contribution in [2.24, 2.45) is 0 Å². The normalized spacial score (nSPS) is 9.38. The fourth-order valence-electron chi connectivity index (χ4n) is 1.51. The largest absolute Gasteiger partial charge is 0.497 e. The highest BCUT2D eigenvalue weighted by Gasteiger charge is 2.04. The highest BCUT2D eigenvalue weighted by atomic mass is 16.5. The van der Waals surface area contributed by atoms with Crippen LogP contribution in [0.1, 0.15) is 16.1 Å². The molecule has 0 saturated carbocycles. The SMILES string of the molecule is COc1ccc(C#CCNC(=O)c2ccc(=O)[nH]n2)cc1. The third-order valence-electron chi connectivity index (χ3n) is 2.57. The van der Waals surface area contributed by atoms with Crippen molar-refractivity contribution >= 4 is 5.91 Å². The first kappa shape index (κ1) is 14.3. The van der Waals surface area contributed by atoms with Crippen molar-refractivity contribution in [3.05, 3.63) is 58.0 Å². The Labute approximate surface area is 121 Å². The molecule has 2 aromatic rings. The fourth-order valence-corrected chi connectivity index (χ4v) is 1.51. The van der Waals surface area contributed by atoms with E-state index in [-0.39, 0.29) is 17.8 Å². The van der Waals surface area contributed by atoms with Crippen LogP contribution in [0.15, 0.2) is 41.2 Å². The van der Waals surface area contributed by atoms with Gasteiger partial charge < -0.3 is 10.1 Å². The molecule has 0 aliphatic heterocycles. The molecular weight excluding hydrogens is 270 g/mol. The number of ether oxygens (including phenoxy) is 1. The highest BCUT2D eigenvalue weighted by Crippen LogP contribution is 2.09. The van der Waals surface area contributed by atoms with Gasteiger partial charge in [0.1, 0.15) is 11.4 Å². The van der Waals surface area contributed by atoms with Crippen LogP contribution in [-0.2, 0) is 0 Å². The molecule has 0 aliphatic carbocycles. The van der Waals surface area contributed by atoms with Crippen LogP contribution in [0, 0.1) is 11.8 Å². The van der Waals surface area contributed by atoms with Crippen LogP contribution in [0.4, 0.5) is 0 Å². The van der Waals surface area contributed by atoms with E-state index in [1.165, 1.54) is 12.1 Å². The Hall–Kier alpha value is -3.07. The number of hydrogen-bond acceptors (Lipinski definition) is 4. The Morgan fingerprint density at radius 1 is 1.29 bits per heavy atom. The Morgan fingerprint density at radius 2 is 2.05 bits per heavy atom. The molecule has 6 nitrogen and oxygen atoms in total. The summed E-state index contributed by atoms with van der Waals surface area (Å²) in [4.78, 5) is 22.5. The van der Waals surface area contributed by atoms with Gasteiger partial charge in [0, 0.05) is 11.6 Å². The number of carbonyl (C=O) groups is 1. The number of aromatic nitrogens is 2. The third kappa shape index (κ3) is 4.21. The van der Waals surface area contributed by atoms with Crippen LogP contribution < -0.4 is 15.6 Å². The predicted octanol–water partition coefficient (Wildman–Crippen LogP) is 0.560. The lowest BCUT2D eigenvalue weighted by atomic mass is 10.2. The predicted molar refractivity (Wildman–Crippen MR) is 77.1 cm³/mol. The van der Waals surface area contributed by atoms with E-state index < -0.39 is 5.91 Å². The highest BCUT2D eigenvalue weighted by molar-refractivity contribution is 5.92. The zero-order chi connectivity index (χ0) is 15.1. The maximum atomic E-state index is 11.7. The van der Waals surface area contributed by atoms with E-state index >= 15 is 0 Å². The summed E-state index contributed by atoms with van der Waals surface area (Å²) < 4.78 is 5.05. The Bertz CT molecular complexity index is 719. The average molecular weight is 283 g/mol. The molecule has 1 heterocycles. The minimum atomic E-state index is -0.393. The first-order chi connectivity index (χ1) is 10.2. The standard InChI is InChI=1S/C15H13N3O3/c1-21-12-6-4-11(5-7-12)3-2-10-16-15(20)13-8-9-14(19)18-17-13/h4-9H,10H2,1H3,(H,16,20)(H,18,19). The van der Waals surface area contributed by atoms with E-state index in [0.717, 1.165) is 11.3 Å². The summed E-state index contributed by atoms with van der Waals surface area (Å²) in [6.45, 7) is 0.186. The van der Waals surface area contributed by atoms with Gasteiger partial charge in [-0.2, -0.15) is 5.10 Å². The van der Waals surface area contributed by atoms with Gasteiger partial charge in [-0.05, 0) is 30.3 Å². The van der Waals surface area contributed by atoms with Crippen LogP contribution in [0.5, 0.6) is 5.75 Å². The minimum absolute atomic E-state index is 0.140. The van der Waals surface area contributed by atoms with Crippen LogP contribution in [0.25, 0.3) is 0 Å². The van der Waals surface area contributed by atoms with Crippen molar-refractivity contribution in [3.8, 4) is 17.6 Å². The lowest BCUT2D eigenvalue weighted by Gasteiger charge is -1.99. The summed E-state index contributed by atoms with van der Waals surface area (Å²) in [6, 6.07) is 9.88. The van der Waals surface area contributed by atoms with E-state index in [1.807, 2.05) is 24.3 Å². The maximum Gasteiger partial charge on any atom is 0.272 e. The summed E-state index contributed by atoms with van der Waals surface area (Å²) >= 11 is 0. The molecule has 0 spiro atoms. The molecule has 0 aliphatic rings. The second-order valence-electron chi connectivity index (χ2n) is 4.02. The van der Waals surface area contributed by atoms with Gasteiger partial charge in [-0.3, -0.25) is 9.59 Å². The molecule has 0 unspecified atom stereocenters. The molecule has 0 fully saturated rings. The maximum absolute atomic E-state index is 11.7. The molecule has 21 heavy (non-hydrogen) atoms. The van der Waals surface area contributed by atoms with Gasteiger partial charge in [0.25, 0.3) is 11.5 Å². The monoisotopic (exact) mass is 283 g/mol. The molecule has 0 bridgehead atoms. The number of rotatable bonds is 3. The topological polar surface area (TPSA) is 84.1 Å². The number of nitrogens with zero attached hydrogens (tertiary/aromatic N) is 1. The van der Waals surface area contributed by atoms with E-state index in [2.05, 4.69) is 27.4 Å². The van der Waals surface area contributed by atoms with E-state index in [1.54, 1.807) is 7.11 Å². The quantitative estimate of drug-likeness (QED) is 0.806. The molecule has 0 saturated heterocycles. The summed E-state index contributed by atoms with van der Waals surface area (Å²) in [6.07, 6.45) is 0. The summed E-state index contributed by atoms with van der Waals surface area (Å²) in [7, 11) is 1.60. The van der Waals surface area contributed by atoms with Crippen molar-refractivity contribution in [2.75, 3.05) is 13.7 Å². The molecule has 2 rings (SSSR count). The number of amides is 1. The first-order valence-corrected chi connectivity index (χ1v) is 6.16. The first-order valence-electron chi connectivity index (χ1n) is 6.16. The van der Waals surface area contributed by atoms with Crippen LogP contribution >= 0.6 is 0 Å². The number of aromatic amines is 1. The third-order valence-corrected chi connectivity index (χ3v) is 2.57. The van der Waals surface area contributed by atoms with Gasteiger partial charge in [0.15, 0.2) is 0 Å². The Kier molecular flexibility index (Phi) is 4.72. The van der Waals surface area contributed by atoms with E-state index in [4.69, 9.17) is 4.74 Å². The lowest BCUT2D eigenvalue weighted by molar-refractivity contribution is 0.0952. The second-order valence-corrected chi connectivity index (χ2v) is 4.02. The van der Waals surface area contributed by atoms with Gasteiger partial charge in [-0.1, -0.05) is 11.8 Å². The van der Waals surface area contributed by atoms with Crippen LogP contribution in [0.2, 0.25) is 0 Å². The smallest absolute Gasteiger partial charge is 0.272 e. The number of nitrogens with one attached hydrogen (secondary N) is 2. The molecule has 106 valence electrons. The number of hydrogen-bond donors (Lipinski definition) is 2. The number of H-pyrrole nitrogens is 1. The summed E-state index contributed by atoms with van der Waals surface area (Å²) in [5.41, 5.74) is 0.610. The Balaban J connectivity index is 1.89. The fraction of sp³-hybridized carbons (Fsp3) is 0.133. The van der Waals surface area contributed by atoms with Crippen molar-refractivity contribution in [2.45, 2.75) is 0 Å². The minimum Gasteiger partial charge on any atom is -0.497 e. The molecule has 0 atom stereocenters. The number of benzene rings is 1. The van der Waals surface area contributed by atoms with Gasteiger partial charge >= 0.3 is 0 Å². The van der Waals surface area contributed by atoms with Gasteiger partial charge in [-0.15, -0.1) is 0 Å². The van der Waals surface area contributed by atoms with E-state index in [0.29, 0.717) is 0 Å². The summed E-state index contributed by atoms with van der Waals surface area (Å²) in [5, 5.41) is 8.41. The second kappa shape index (κ2) is 6.91. The average Bonchev–Trinajstić information content (AvgIpc) is 2.52. The Morgan fingerprint density at radius 3 is 2.67 bits per heavy atom. The molecule has 1 aromatic carbocycles. The zero-order valence-electron chi connectivity index (χ0n) is 11.3. The molecule has 2 N–H and O–H groups in total. The lowest BCUT2D eigenvalue weighted by Crippen LogP contribution is -2.26. The molecule has 1 amide bonds. The zero-order valence-corrected chi connectivity index (χ0v) is 11.3. The molecule has 0 radical (unpaired) electrons.